The van der Waals surface area contributed by atoms with Crippen LogP contribution in [0.3, 0.4) is 0 Å². The molecule has 4 nitrogen and oxygen atoms in total. The van der Waals surface area contributed by atoms with Crippen molar-refractivity contribution in [3.05, 3.63) is 35.6 Å². The number of benzene rings is 1. The lowest BCUT2D eigenvalue weighted by atomic mass is 9.76. The first-order valence-electron chi connectivity index (χ1n) is 7.27. The van der Waals surface area contributed by atoms with E-state index in [0.717, 1.165) is 6.42 Å². The number of rotatable bonds is 4. The van der Waals surface area contributed by atoms with E-state index in [9.17, 15) is 19.1 Å². The third-order valence-corrected chi connectivity index (χ3v) is 4.15. The van der Waals surface area contributed by atoms with Crippen LogP contribution in [0.4, 0.5) is 4.39 Å². The molecule has 0 aliphatic carbocycles. The van der Waals surface area contributed by atoms with Crippen molar-refractivity contribution >= 4 is 11.9 Å². The number of piperidine rings is 1. The van der Waals surface area contributed by atoms with Crippen molar-refractivity contribution in [2.45, 2.75) is 32.6 Å². The molecule has 1 aliphatic heterocycles. The summed E-state index contributed by atoms with van der Waals surface area (Å²) in [6.07, 6.45) is 2.47. The van der Waals surface area contributed by atoms with Crippen LogP contribution in [0.2, 0.25) is 0 Å². The van der Waals surface area contributed by atoms with Gasteiger partial charge in [0.1, 0.15) is 5.82 Å². The zero-order chi connectivity index (χ0) is 15.5. The zero-order valence-electron chi connectivity index (χ0n) is 12.1. The predicted octanol–water partition coefficient (Wildman–Crippen LogP) is 2.93. The van der Waals surface area contributed by atoms with Gasteiger partial charge in [-0.3, -0.25) is 9.59 Å². The summed E-state index contributed by atoms with van der Waals surface area (Å²) in [5.74, 6) is -1.85. The highest BCUT2D eigenvalue weighted by Crippen LogP contribution is 2.35. The maximum Gasteiger partial charge on any atom is 0.311 e. The molecule has 1 aromatic rings. The molecule has 0 radical (unpaired) electrons. The Morgan fingerprint density at radius 3 is 2.71 bits per heavy atom. The monoisotopic (exact) mass is 293 g/mol. The molecule has 0 spiro atoms. The van der Waals surface area contributed by atoms with E-state index >= 15 is 0 Å². The fraction of sp³-hybridized carbons (Fsp3) is 0.500. The highest BCUT2D eigenvalue weighted by Gasteiger charge is 2.43. The second-order valence-corrected chi connectivity index (χ2v) is 5.65. The predicted molar refractivity (Wildman–Crippen MR) is 76.5 cm³/mol. The lowest BCUT2D eigenvalue weighted by Gasteiger charge is -2.40. The second-order valence-electron chi connectivity index (χ2n) is 5.65. The van der Waals surface area contributed by atoms with Gasteiger partial charge in [0.15, 0.2) is 0 Å². The molecule has 21 heavy (non-hydrogen) atoms. The van der Waals surface area contributed by atoms with E-state index in [1.807, 2.05) is 6.92 Å². The van der Waals surface area contributed by atoms with Crippen LogP contribution in [0, 0.1) is 11.2 Å². The smallest absolute Gasteiger partial charge is 0.311 e. The highest BCUT2D eigenvalue weighted by molar-refractivity contribution is 5.95. The maximum atomic E-state index is 13.7. The number of aliphatic carboxylic acids is 1. The van der Waals surface area contributed by atoms with Crippen molar-refractivity contribution in [2.24, 2.45) is 5.41 Å². The lowest BCUT2D eigenvalue weighted by Crippen LogP contribution is -2.50. The van der Waals surface area contributed by atoms with Gasteiger partial charge in [-0.1, -0.05) is 25.5 Å². The Balaban J connectivity index is 2.23. The summed E-state index contributed by atoms with van der Waals surface area (Å²) in [5, 5.41) is 9.53. The lowest BCUT2D eigenvalue weighted by molar-refractivity contribution is -0.152. The van der Waals surface area contributed by atoms with Gasteiger partial charge in [0.05, 0.1) is 11.0 Å². The van der Waals surface area contributed by atoms with Crippen LogP contribution in [-0.2, 0) is 4.79 Å². The molecular formula is C16H20FNO3. The van der Waals surface area contributed by atoms with E-state index in [-0.39, 0.29) is 12.1 Å². The highest BCUT2D eigenvalue weighted by atomic mass is 19.1. The summed E-state index contributed by atoms with van der Waals surface area (Å²) in [6.45, 7) is 2.57. The van der Waals surface area contributed by atoms with E-state index < -0.39 is 23.1 Å². The Labute approximate surface area is 123 Å². The van der Waals surface area contributed by atoms with Crippen LogP contribution >= 0.6 is 0 Å². The van der Waals surface area contributed by atoms with E-state index in [0.29, 0.717) is 25.8 Å². The van der Waals surface area contributed by atoms with Crippen molar-refractivity contribution < 1.29 is 19.1 Å². The first-order chi connectivity index (χ1) is 10.00. The Bertz CT molecular complexity index is 542. The van der Waals surface area contributed by atoms with Crippen LogP contribution in [0.25, 0.3) is 0 Å². The SMILES string of the molecule is CCCC1(C(=O)O)CCCN(C(=O)c2ccccc2F)C1. The molecule has 0 aromatic heterocycles. The summed E-state index contributed by atoms with van der Waals surface area (Å²) < 4.78 is 13.7. The molecule has 2 rings (SSSR count). The molecule has 0 bridgehead atoms. The van der Waals surface area contributed by atoms with Gasteiger partial charge in [-0.25, -0.2) is 4.39 Å². The second kappa shape index (κ2) is 6.24. The molecule has 1 unspecified atom stereocenters. The average molecular weight is 293 g/mol. The summed E-state index contributed by atoms with van der Waals surface area (Å²) in [5.41, 5.74) is -0.885. The fourth-order valence-electron chi connectivity index (χ4n) is 3.07. The summed E-state index contributed by atoms with van der Waals surface area (Å²) >= 11 is 0. The standard InChI is InChI=1S/C16H20FNO3/c1-2-8-16(15(20)21)9-5-10-18(11-16)14(19)12-6-3-4-7-13(12)17/h3-4,6-7H,2,5,8-11H2,1H3,(H,20,21). The van der Waals surface area contributed by atoms with Gasteiger partial charge < -0.3 is 10.0 Å². The number of halogens is 1. The van der Waals surface area contributed by atoms with Crippen LogP contribution in [-0.4, -0.2) is 35.0 Å². The molecule has 1 heterocycles. The number of amides is 1. The Morgan fingerprint density at radius 1 is 1.38 bits per heavy atom. The first kappa shape index (κ1) is 15.5. The number of hydrogen-bond acceptors (Lipinski definition) is 2. The topological polar surface area (TPSA) is 57.6 Å². The zero-order valence-corrected chi connectivity index (χ0v) is 12.1. The molecule has 1 amide bonds. The quantitative estimate of drug-likeness (QED) is 0.928. The number of carboxylic acids is 1. The number of hydrogen-bond donors (Lipinski definition) is 1. The average Bonchev–Trinajstić information content (AvgIpc) is 2.47. The number of carboxylic acid groups (broad SMARTS) is 1. The molecule has 1 fully saturated rings. The minimum atomic E-state index is -0.895. The van der Waals surface area contributed by atoms with Crippen molar-refractivity contribution in [3.8, 4) is 0 Å². The molecule has 1 N–H and O–H groups in total. The molecule has 1 aliphatic rings. The van der Waals surface area contributed by atoms with Crippen LogP contribution in [0.5, 0.6) is 0 Å². The van der Waals surface area contributed by atoms with Gasteiger partial charge in [-0.2, -0.15) is 0 Å². The third-order valence-electron chi connectivity index (χ3n) is 4.15. The van der Waals surface area contributed by atoms with E-state index in [1.54, 1.807) is 6.07 Å². The van der Waals surface area contributed by atoms with Crippen molar-refractivity contribution in [2.75, 3.05) is 13.1 Å². The van der Waals surface area contributed by atoms with E-state index in [4.69, 9.17) is 0 Å². The largest absolute Gasteiger partial charge is 0.481 e. The molecular weight excluding hydrogens is 273 g/mol. The van der Waals surface area contributed by atoms with Gasteiger partial charge in [-0.05, 0) is 31.4 Å². The number of carbonyl (C=O) groups excluding carboxylic acids is 1. The number of nitrogens with zero attached hydrogens (tertiary/aromatic N) is 1. The van der Waals surface area contributed by atoms with Gasteiger partial charge in [-0.15, -0.1) is 0 Å². The first-order valence-corrected chi connectivity index (χ1v) is 7.27. The summed E-state index contributed by atoms with van der Waals surface area (Å²) in [6, 6.07) is 5.82. The van der Waals surface area contributed by atoms with Crippen LogP contribution < -0.4 is 0 Å². The minimum Gasteiger partial charge on any atom is -0.481 e. The van der Waals surface area contributed by atoms with E-state index in [1.165, 1.54) is 23.1 Å². The molecule has 114 valence electrons. The van der Waals surface area contributed by atoms with E-state index in [2.05, 4.69) is 0 Å². The third kappa shape index (κ3) is 3.06. The van der Waals surface area contributed by atoms with Crippen molar-refractivity contribution in [3.63, 3.8) is 0 Å². The summed E-state index contributed by atoms with van der Waals surface area (Å²) in [4.78, 5) is 25.5. The molecule has 1 aromatic carbocycles. The molecule has 1 saturated heterocycles. The molecule has 1 atom stereocenters. The maximum absolute atomic E-state index is 13.7. The molecule has 5 heteroatoms. The van der Waals surface area contributed by atoms with Gasteiger partial charge in [0.25, 0.3) is 5.91 Å². The Morgan fingerprint density at radius 2 is 2.10 bits per heavy atom. The van der Waals surface area contributed by atoms with Crippen molar-refractivity contribution in [1.29, 1.82) is 0 Å². The van der Waals surface area contributed by atoms with Gasteiger partial charge in [0.2, 0.25) is 0 Å². The normalized spacial score (nSPS) is 22.1. The van der Waals surface area contributed by atoms with Gasteiger partial charge >= 0.3 is 5.97 Å². The number of carbonyl (C=O) groups is 2. The fourth-order valence-corrected chi connectivity index (χ4v) is 3.07. The van der Waals surface area contributed by atoms with Crippen LogP contribution in [0.1, 0.15) is 43.0 Å². The van der Waals surface area contributed by atoms with Crippen molar-refractivity contribution in [1.82, 2.24) is 4.90 Å². The number of likely N-dealkylation sites (tertiary alicyclic amines) is 1. The molecule has 0 saturated carbocycles. The Hall–Kier alpha value is -1.91. The Kier molecular flexibility index (Phi) is 4.60. The van der Waals surface area contributed by atoms with Gasteiger partial charge in [0, 0.05) is 13.1 Å². The summed E-state index contributed by atoms with van der Waals surface area (Å²) in [7, 11) is 0. The minimum absolute atomic E-state index is 0.00943. The van der Waals surface area contributed by atoms with Crippen LogP contribution in [0.15, 0.2) is 24.3 Å².